The average molecular weight is 701 g/mol. The molecule has 0 N–H and O–H groups in total. The molecule has 0 radical (unpaired) electrons. The minimum atomic E-state index is 0.585. The van der Waals surface area contributed by atoms with Gasteiger partial charge in [0.25, 0.3) is 0 Å². The number of hydrogen-bond acceptors (Lipinski definition) is 6. The van der Waals surface area contributed by atoms with Gasteiger partial charge in [0.2, 0.25) is 0 Å². The second-order valence-electron chi connectivity index (χ2n) is 14.2. The first-order chi connectivity index (χ1) is 24.4. The van der Waals surface area contributed by atoms with Crippen molar-refractivity contribution in [3.8, 4) is 0 Å². The van der Waals surface area contributed by atoms with Crippen LogP contribution in [0, 0.1) is 0 Å². The fourth-order valence-corrected chi connectivity index (χ4v) is 6.18. The summed E-state index contributed by atoms with van der Waals surface area (Å²) < 4.78 is 33.7. The van der Waals surface area contributed by atoms with Gasteiger partial charge in [0.05, 0.1) is 66.1 Å². The van der Waals surface area contributed by atoms with Crippen LogP contribution in [0.25, 0.3) is 0 Å². The highest BCUT2D eigenvalue weighted by atomic mass is 16.6. The molecule has 0 aliphatic carbocycles. The molecule has 0 saturated carbocycles. The van der Waals surface area contributed by atoms with Gasteiger partial charge < -0.3 is 28.4 Å². The first-order valence-corrected chi connectivity index (χ1v) is 21.9. The Balaban J connectivity index is 3.04. The van der Waals surface area contributed by atoms with E-state index in [1.165, 1.54) is 186 Å². The van der Waals surface area contributed by atoms with Crippen molar-refractivity contribution in [3.05, 3.63) is 0 Å². The third-order valence-corrected chi connectivity index (χ3v) is 9.39. The summed E-state index contributed by atoms with van der Waals surface area (Å²) in [5.74, 6) is 0. The van der Waals surface area contributed by atoms with E-state index < -0.39 is 0 Å². The summed E-state index contributed by atoms with van der Waals surface area (Å²) in [6.45, 7) is 12.5. The summed E-state index contributed by atoms with van der Waals surface area (Å²) in [7, 11) is 0. The Kier molecular flexibility index (Phi) is 47.5. The van der Waals surface area contributed by atoms with E-state index in [-0.39, 0.29) is 0 Å². The van der Waals surface area contributed by atoms with Crippen molar-refractivity contribution >= 4 is 0 Å². The van der Waals surface area contributed by atoms with Crippen LogP contribution in [0.3, 0.4) is 0 Å². The fraction of sp³-hybridized carbons (Fsp3) is 1.00. The summed E-state index contributed by atoms with van der Waals surface area (Å²) in [6.07, 6.45) is 40.3. The first kappa shape index (κ1) is 48.8. The van der Waals surface area contributed by atoms with E-state index in [0.29, 0.717) is 66.1 Å². The van der Waals surface area contributed by atoms with Crippen molar-refractivity contribution in [2.24, 2.45) is 0 Å². The van der Waals surface area contributed by atoms with Gasteiger partial charge in [-0.2, -0.15) is 0 Å². The van der Waals surface area contributed by atoms with E-state index in [2.05, 4.69) is 13.8 Å². The third kappa shape index (κ3) is 47.8. The Morgan fingerprint density at radius 1 is 0.163 bits per heavy atom. The van der Waals surface area contributed by atoms with Gasteiger partial charge in [-0.15, -0.1) is 0 Å². The monoisotopic (exact) mass is 701 g/mol. The average Bonchev–Trinajstić information content (AvgIpc) is 3.11. The Hall–Kier alpha value is -0.240. The molecule has 0 spiro atoms. The lowest BCUT2D eigenvalue weighted by molar-refractivity contribution is -0.0169. The zero-order valence-corrected chi connectivity index (χ0v) is 33.4. The summed E-state index contributed by atoms with van der Waals surface area (Å²) in [6, 6.07) is 0. The van der Waals surface area contributed by atoms with E-state index in [1.807, 2.05) is 0 Å². The smallest absolute Gasteiger partial charge is 0.0701 e. The minimum absolute atomic E-state index is 0.585. The number of rotatable bonds is 46. The minimum Gasteiger partial charge on any atom is -0.379 e. The zero-order valence-electron chi connectivity index (χ0n) is 33.4. The van der Waals surface area contributed by atoms with Crippen LogP contribution in [0.1, 0.15) is 200 Å². The molecule has 0 atom stereocenters. The van der Waals surface area contributed by atoms with Gasteiger partial charge in [0, 0.05) is 13.2 Å². The highest BCUT2D eigenvalue weighted by molar-refractivity contribution is 4.51. The van der Waals surface area contributed by atoms with Gasteiger partial charge in [0.1, 0.15) is 0 Å². The van der Waals surface area contributed by atoms with E-state index in [0.717, 1.165) is 13.2 Å². The van der Waals surface area contributed by atoms with E-state index in [1.54, 1.807) is 0 Å². The molecule has 0 saturated heterocycles. The molecule has 0 rings (SSSR count). The van der Waals surface area contributed by atoms with Gasteiger partial charge in [0.15, 0.2) is 0 Å². The fourth-order valence-electron chi connectivity index (χ4n) is 6.18. The first-order valence-electron chi connectivity index (χ1n) is 21.9. The maximum absolute atomic E-state index is 5.71. The molecule has 6 nitrogen and oxygen atoms in total. The molecular formula is C43H88O6. The van der Waals surface area contributed by atoms with Crippen LogP contribution < -0.4 is 0 Å². The van der Waals surface area contributed by atoms with Crippen LogP contribution in [0.15, 0.2) is 0 Å². The molecule has 296 valence electrons. The molecule has 0 unspecified atom stereocenters. The Labute approximate surface area is 307 Å². The van der Waals surface area contributed by atoms with Crippen molar-refractivity contribution in [2.45, 2.75) is 200 Å². The molecule has 0 bridgehead atoms. The van der Waals surface area contributed by atoms with Crippen molar-refractivity contribution in [1.82, 2.24) is 0 Å². The highest BCUT2D eigenvalue weighted by Crippen LogP contribution is 2.14. The van der Waals surface area contributed by atoms with Crippen LogP contribution in [0.4, 0.5) is 0 Å². The normalized spacial score (nSPS) is 11.6. The molecule has 0 aliphatic heterocycles. The van der Waals surface area contributed by atoms with E-state index >= 15 is 0 Å². The zero-order chi connectivity index (χ0) is 35.2. The largest absolute Gasteiger partial charge is 0.379 e. The van der Waals surface area contributed by atoms with E-state index in [4.69, 9.17) is 28.4 Å². The van der Waals surface area contributed by atoms with Gasteiger partial charge in [-0.05, 0) is 12.8 Å². The lowest BCUT2D eigenvalue weighted by Gasteiger charge is -2.08. The van der Waals surface area contributed by atoms with Crippen molar-refractivity contribution in [1.29, 1.82) is 0 Å². The summed E-state index contributed by atoms with van der Waals surface area (Å²) >= 11 is 0. The maximum atomic E-state index is 5.71. The molecule has 0 aromatic carbocycles. The Morgan fingerprint density at radius 3 is 0.490 bits per heavy atom. The van der Waals surface area contributed by atoms with Gasteiger partial charge >= 0.3 is 0 Å². The molecule has 0 heterocycles. The Morgan fingerprint density at radius 2 is 0.306 bits per heavy atom. The second kappa shape index (κ2) is 47.8. The third-order valence-electron chi connectivity index (χ3n) is 9.39. The summed E-state index contributed by atoms with van der Waals surface area (Å²) in [5, 5.41) is 0. The van der Waals surface area contributed by atoms with Crippen LogP contribution in [-0.2, 0) is 28.4 Å². The van der Waals surface area contributed by atoms with Gasteiger partial charge in [-0.1, -0.05) is 187 Å². The van der Waals surface area contributed by atoms with Crippen molar-refractivity contribution in [3.63, 3.8) is 0 Å². The highest BCUT2D eigenvalue weighted by Gasteiger charge is 1.98. The summed E-state index contributed by atoms with van der Waals surface area (Å²) in [4.78, 5) is 0. The van der Waals surface area contributed by atoms with Crippen LogP contribution >= 0.6 is 0 Å². The van der Waals surface area contributed by atoms with Crippen molar-refractivity contribution in [2.75, 3.05) is 79.3 Å². The van der Waals surface area contributed by atoms with Crippen LogP contribution in [0.5, 0.6) is 0 Å². The lowest BCUT2D eigenvalue weighted by Crippen LogP contribution is -2.14. The predicted molar refractivity (Wildman–Crippen MR) is 210 cm³/mol. The number of hydrogen-bond donors (Lipinski definition) is 0. The predicted octanol–water partition coefficient (Wildman–Crippen LogP) is 12.4. The molecule has 0 amide bonds. The SMILES string of the molecule is CCCCCCCCCCCCCCCCCCOCCOCCOCCOCCOCCOCCCCCCCCCCCCCCC. The second-order valence-corrected chi connectivity index (χ2v) is 14.2. The Bertz CT molecular complexity index is 502. The maximum Gasteiger partial charge on any atom is 0.0701 e. The van der Waals surface area contributed by atoms with Crippen molar-refractivity contribution < 1.29 is 28.4 Å². The number of ether oxygens (including phenoxy) is 6. The van der Waals surface area contributed by atoms with Crippen LogP contribution in [-0.4, -0.2) is 79.3 Å². The standard InChI is InChI=1S/C43H88O6/c1-3-5-7-9-11-13-15-17-18-19-21-23-25-27-29-31-33-45-35-37-47-39-41-49-43-42-48-40-38-46-36-34-44-32-30-28-26-24-22-20-16-14-12-10-8-6-4-2/h3-43H2,1-2H3. The summed E-state index contributed by atoms with van der Waals surface area (Å²) in [5.41, 5.74) is 0. The van der Waals surface area contributed by atoms with Crippen LogP contribution in [0.2, 0.25) is 0 Å². The molecular weight excluding hydrogens is 612 g/mol. The molecule has 49 heavy (non-hydrogen) atoms. The lowest BCUT2D eigenvalue weighted by atomic mass is 10.0. The number of unbranched alkanes of at least 4 members (excludes halogenated alkanes) is 27. The van der Waals surface area contributed by atoms with E-state index in [9.17, 15) is 0 Å². The molecule has 0 aromatic rings. The quantitative estimate of drug-likeness (QED) is 0.0589. The molecule has 0 aromatic heterocycles. The molecule has 6 heteroatoms. The van der Waals surface area contributed by atoms with Gasteiger partial charge in [-0.25, -0.2) is 0 Å². The topological polar surface area (TPSA) is 55.4 Å². The molecule has 0 fully saturated rings. The molecule has 0 aliphatic rings. The van der Waals surface area contributed by atoms with Gasteiger partial charge in [-0.3, -0.25) is 0 Å².